The molecule has 5 nitrogen and oxygen atoms in total. The van der Waals surface area contributed by atoms with Gasteiger partial charge in [-0.15, -0.1) is 0 Å². The van der Waals surface area contributed by atoms with Gasteiger partial charge >= 0.3 is 0 Å². The summed E-state index contributed by atoms with van der Waals surface area (Å²) in [5, 5.41) is 6.20. The van der Waals surface area contributed by atoms with Crippen LogP contribution in [0, 0.1) is 0 Å². The summed E-state index contributed by atoms with van der Waals surface area (Å²) in [5.74, 6) is -0.0138. The van der Waals surface area contributed by atoms with E-state index in [1.807, 2.05) is 18.2 Å². The molecule has 5 heteroatoms. The zero-order valence-corrected chi connectivity index (χ0v) is 11.0. The molecule has 0 aromatic heterocycles. The van der Waals surface area contributed by atoms with E-state index in [1.54, 1.807) is 0 Å². The van der Waals surface area contributed by atoms with Crippen molar-refractivity contribution in [2.75, 3.05) is 26.2 Å². The molecule has 104 valence electrons. The number of ether oxygens (including phenoxy) is 1. The van der Waals surface area contributed by atoms with E-state index in [0.717, 1.165) is 12.1 Å². The Hall–Kier alpha value is -1.43. The highest BCUT2D eigenvalue weighted by Crippen LogP contribution is 2.23. The summed E-state index contributed by atoms with van der Waals surface area (Å²) >= 11 is 0. The second-order valence-electron chi connectivity index (χ2n) is 4.59. The Labute approximate surface area is 113 Å². The average molecular weight is 263 g/mol. The van der Waals surface area contributed by atoms with E-state index in [1.165, 1.54) is 0 Å². The molecule has 0 spiro atoms. The topological polar surface area (TPSA) is 76.4 Å². The van der Waals surface area contributed by atoms with Gasteiger partial charge in [0.15, 0.2) is 0 Å². The van der Waals surface area contributed by atoms with Crippen molar-refractivity contribution in [3.63, 3.8) is 0 Å². The van der Waals surface area contributed by atoms with Crippen molar-refractivity contribution in [1.29, 1.82) is 0 Å². The van der Waals surface area contributed by atoms with Crippen molar-refractivity contribution in [1.82, 2.24) is 10.6 Å². The normalized spacial score (nSPS) is 23.0. The number of carbonyl (C=O) groups excluding carboxylic acids is 1. The maximum absolute atomic E-state index is 11.8. The standard InChI is InChI=1S/C14H21N3O2/c15-6-7-16-13(18)10-12-14(17-8-9-19-12)11-4-2-1-3-5-11/h1-5,12,14,17H,6-10,15H2,(H,16,18)/t12?,14-/m0/s1. The molecule has 1 fully saturated rings. The molecule has 1 aromatic rings. The average Bonchev–Trinajstić information content (AvgIpc) is 2.46. The van der Waals surface area contributed by atoms with Gasteiger partial charge in [0.2, 0.25) is 5.91 Å². The third-order valence-electron chi connectivity index (χ3n) is 3.18. The second kappa shape index (κ2) is 7.23. The predicted octanol–water partition coefficient (Wildman–Crippen LogP) is 0.181. The van der Waals surface area contributed by atoms with Crippen LogP contribution in [0.2, 0.25) is 0 Å². The minimum Gasteiger partial charge on any atom is -0.374 e. The van der Waals surface area contributed by atoms with Gasteiger partial charge in [0.1, 0.15) is 0 Å². The first-order valence-corrected chi connectivity index (χ1v) is 6.68. The summed E-state index contributed by atoms with van der Waals surface area (Å²) in [6.07, 6.45) is 0.223. The molecule has 0 bridgehead atoms. The molecule has 0 aliphatic carbocycles. The third kappa shape index (κ3) is 4.02. The predicted molar refractivity (Wildman–Crippen MR) is 73.6 cm³/mol. The van der Waals surface area contributed by atoms with Crippen LogP contribution in [0.3, 0.4) is 0 Å². The van der Waals surface area contributed by atoms with Crippen LogP contribution in [0.1, 0.15) is 18.0 Å². The van der Waals surface area contributed by atoms with Crippen molar-refractivity contribution in [3.8, 4) is 0 Å². The molecule has 4 N–H and O–H groups in total. The van der Waals surface area contributed by atoms with Crippen LogP contribution in [-0.4, -0.2) is 38.3 Å². The lowest BCUT2D eigenvalue weighted by Gasteiger charge is -2.32. The third-order valence-corrected chi connectivity index (χ3v) is 3.18. The van der Waals surface area contributed by atoms with Gasteiger partial charge in [0.25, 0.3) is 0 Å². The Morgan fingerprint density at radius 1 is 1.42 bits per heavy atom. The molecule has 1 heterocycles. The molecule has 1 amide bonds. The van der Waals surface area contributed by atoms with Gasteiger partial charge in [0, 0.05) is 19.6 Å². The van der Waals surface area contributed by atoms with E-state index in [4.69, 9.17) is 10.5 Å². The lowest BCUT2D eigenvalue weighted by molar-refractivity contribution is -0.125. The SMILES string of the molecule is NCCNC(=O)CC1OCCN[C@H]1c1ccccc1. The number of nitrogens with one attached hydrogen (secondary N) is 2. The molecular weight excluding hydrogens is 242 g/mol. The lowest BCUT2D eigenvalue weighted by atomic mass is 9.97. The highest BCUT2D eigenvalue weighted by Gasteiger charge is 2.28. The Bertz CT molecular complexity index is 397. The fourth-order valence-corrected chi connectivity index (χ4v) is 2.29. The molecule has 2 atom stereocenters. The summed E-state index contributed by atoms with van der Waals surface area (Å²) in [5.41, 5.74) is 6.52. The number of rotatable bonds is 5. The van der Waals surface area contributed by atoms with Gasteiger partial charge in [0.05, 0.1) is 25.2 Å². The minimum atomic E-state index is -0.131. The van der Waals surface area contributed by atoms with Crippen molar-refractivity contribution in [2.45, 2.75) is 18.6 Å². The molecule has 1 unspecified atom stereocenters. The van der Waals surface area contributed by atoms with Gasteiger partial charge in [-0.2, -0.15) is 0 Å². The van der Waals surface area contributed by atoms with Crippen LogP contribution >= 0.6 is 0 Å². The van der Waals surface area contributed by atoms with Crippen molar-refractivity contribution in [2.24, 2.45) is 5.73 Å². The number of benzene rings is 1. The first-order valence-electron chi connectivity index (χ1n) is 6.68. The first-order chi connectivity index (χ1) is 9.31. The monoisotopic (exact) mass is 263 g/mol. The Balaban J connectivity index is 1.98. The van der Waals surface area contributed by atoms with Crippen LogP contribution in [0.15, 0.2) is 30.3 Å². The molecule has 1 aliphatic rings. The zero-order valence-electron chi connectivity index (χ0n) is 11.0. The van der Waals surface area contributed by atoms with Gasteiger partial charge in [-0.3, -0.25) is 4.79 Å². The smallest absolute Gasteiger partial charge is 0.222 e. The fraction of sp³-hybridized carbons (Fsp3) is 0.500. The first kappa shape index (κ1) is 14.0. The van der Waals surface area contributed by atoms with Gasteiger partial charge in [-0.25, -0.2) is 0 Å². The van der Waals surface area contributed by atoms with E-state index >= 15 is 0 Å². The fourth-order valence-electron chi connectivity index (χ4n) is 2.29. The van der Waals surface area contributed by atoms with Crippen LogP contribution in [0.25, 0.3) is 0 Å². The molecule has 1 aliphatic heterocycles. The van der Waals surface area contributed by atoms with Crippen LogP contribution in [0.4, 0.5) is 0 Å². The van der Waals surface area contributed by atoms with Crippen LogP contribution in [-0.2, 0) is 9.53 Å². The largest absolute Gasteiger partial charge is 0.374 e. The Kier molecular flexibility index (Phi) is 5.32. The quantitative estimate of drug-likeness (QED) is 0.708. The minimum absolute atomic E-state index is 0.0138. The zero-order chi connectivity index (χ0) is 13.5. The van der Waals surface area contributed by atoms with Crippen molar-refractivity contribution >= 4 is 5.91 Å². The van der Waals surface area contributed by atoms with E-state index in [0.29, 0.717) is 26.1 Å². The van der Waals surface area contributed by atoms with E-state index in [2.05, 4.69) is 22.8 Å². The Morgan fingerprint density at radius 3 is 2.95 bits per heavy atom. The van der Waals surface area contributed by atoms with E-state index < -0.39 is 0 Å². The van der Waals surface area contributed by atoms with Gasteiger partial charge in [-0.05, 0) is 5.56 Å². The maximum Gasteiger partial charge on any atom is 0.222 e. The second-order valence-corrected chi connectivity index (χ2v) is 4.59. The van der Waals surface area contributed by atoms with Crippen molar-refractivity contribution in [3.05, 3.63) is 35.9 Å². The Morgan fingerprint density at radius 2 is 2.21 bits per heavy atom. The molecule has 19 heavy (non-hydrogen) atoms. The summed E-state index contributed by atoms with van der Waals surface area (Å²) in [6, 6.07) is 10.2. The lowest BCUT2D eigenvalue weighted by Crippen LogP contribution is -2.44. The number of hydrogen-bond donors (Lipinski definition) is 3. The summed E-state index contributed by atoms with van der Waals surface area (Å²) < 4.78 is 5.74. The molecular formula is C14H21N3O2. The van der Waals surface area contributed by atoms with E-state index in [-0.39, 0.29) is 18.1 Å². The highest BCUT2D eigenvalue weighted by atomic mass is 16.5. The van der Waals surface area contributed by atoms with Crippen LogP contribution in [0.5, 0.6) is 0 Å². The molecule has 1 saturated heterocycles. The summed E-state index contributed by atoms with van der Waals surface area (Å²) in [4.78, 5) is 11.8. The van der Waals surface area contributed by atoms with Crippen molar-refractivity contribution < 1.29 is 9.53 Å². The summed E-state index contributed by atoms with van der Waals surface area (Å²) in [7, 11) is 0. The molecule has 0 radical (unpaired) electrons. The van der Waals surface area contributed by atoms with Gasteiger partial charge in [-0.1, -0.05) is 30.3 Å². The van der Waals surface area contributed by atoms with E-state index in [9.17, 15) is 4.79 Å². The number of morpholine rings is 1. The summed E-state index contributed by atoms with van der Waals surface area (Å²) in [6.45, 7) is 2.41. The molecule has 0 saturated carbocycles. The number of hydrogen-bond acceptors (Lipinski definition) is 4. The molecule has 1 aromatic carbocycles. The van der Waals surface area contributed by atoms with Gasteiger partial charge < -0.3 is 21.1 Å². The van der Waals surface area contributed by atoms with Crippen LogP contribution < -0.4 is 16.4 Å². The number of amides is 1. The maximum atomic E-state index is 11.8. The number of carbonyl (C=O) groups is 1. The highest BCUT2D eigenvalue weighted by molar-refractivity contribution is 5.76. The molecule has 2 rings (SSSR count). The number of nitrogens with two attached hydrogens (primary N) is 1.